The van der Waals surface area contributed by atoms with Gasteiger partial charge in [0.1, 0.15) is 5.82 Å². The first-order chi connectivity index (χ1) is 12.4. The molecule has 1 aliphatic heterocycles. The quantitative estimate of drug-likeness (QED) is 0.741. The van der Waals surface area contributed by atoms with Gasteiger partial charge in [0.15, 0.2) is 5.12 Å². The number of carboxylic acid groups (broad SMARTS) is 1. The Balaban J connectivity index is 2.43. The normalized spacial score (nSPS) is 18.6. The molecular formula is C19H24BFO5S. The van der Waals surface area contributed by atoms with Gasteiger partial charge in [-0.2, -0.15) is 0 Å². The van der Waals surface area contributed by atoms with Crippen LogP contribution < -0.4 is 0 Å². The Morgan fingerprint density at radius 1 is 1.22 bits per heavy atom. The summed E-state index contributed by atoms with van der Waals surface area (Å²) >= 11 is 1.11. The van der Waals surface area contributed by atoms with E-state index in [0.717, 1.165) is 11.8 Å². The molecular weight excluding hydrogens is 370 g/mol. The van der Waals surface area contributed by atoms with Gasteiger partial charge in [0, 0.05) is 12.7 Å². The van der Waals surface area contributed by atoms with Crippen LogP contribution >= 0.6 is 11.8 Å². The minimum absolute atomic E-state index is 0.0534. The molecule has 1 aliphatic rings. The highest BCUT2D eigenvalue weighted by Crippen LogP contribution is 2.39. The zero-order valence-corrected chi connectivity index (χ0v) is 17.0. The van der Waals surface area contributed by atoms with Crippen LogP contribution in [0.3, 0.4) is 0 Å². The van der Waals surface area contributed by atoms with Crippen molar-refractivity contribution in [1.82, 2.24) is 0 Å². The van der Waals surface area contributed by atoms with E-state index in [0.29, 0.717) is 22.4 Å². The van der Waals surface area contributed by atoms with Gasteiger partial charge in [-0.05, 0) is 56.4 Å². The van der Waals surface area contributed by atoms with Gasteiger partial charge in [-0.1, -0.05) is 23.9 Å². The van der Waals surface area contributed by atoms with Gasteiger partial charge < -0.3 is 14.4 Å². The molecule has 2 rings (SSSR count). The van der Waals surface area contributed by atoms with Crippen LogP contribution in [0.4, 0.5) is 4.39 Å². The van der Waals surface area contributed by atoms with E-state index in [-0.39, 0.29) is 11.5 Å². The average molecular weight is 394 g/mol. The van der Waals surface area contributed by atoms with Gasteiger partial charge in [-0.3, -0.25) is 9.59 Å². The second-order valence-corrected chi connectivity index (χ2v) is 8.65. The number of benzene rings is 1. The van der Waals surface area contributed by atoms with Gasteiger partial charge in [-0.25, -0.2) is 4.39 Å². The minimum Gasteiger partial charge on any atom is -0.481 e. The summed E-state index contributed by atoms with van der Waals surface area (Å²) in [6.45, 7) is 9.18. The molecule has 27 heavy (non-hydrogen) atoms. The molecule has 0 unspecified atom stereocenters. The Hall–Kier alpha value is -1.64. The Bertz CT molecular complexity index is 759. The second-order valence-electron chi connectivity index (χ2n) is 7.50. The van der Waals surface area contributed by atoms with Crippen LogP contribution in [0.1, 0.15) is 45.7 Å². The molecule has 0 amide bonds. The molecule has 8 heteroatoms. The molecule has 146 valence electrons. The molecule has 0 saturated carbocycles. The summed E-state index contributed by atoms with van der Waals surface area (Å²) in [6, 6.07) is 4.01. The zero-order valence-electron chi connectivity index (χ0n) is 16.2. The first kappa shape index (κ1) is 21.7. The van der Waals surface area contributed by atoms with Crippen LogP contribution in [0.5, 0.6) is 0 Å². The maximum Gasteiger partial charge on any atom is 0.491 e. The number of carbonyl (C=O) groups is 2. The molecule has 1 heterocycles. The lowest BCUT2D eigenvalue weighted by Gasteiger charge is -2.32. The zero-order chi connectivity index (χ0) is 20.4. The first-order valence-corrected chi connectivity index (χ1v) is 9.59. The molecule has 1 N–H and O–H groups in total. The van der Waals surface area contributed by atoms with Crippen LogP contribution in [0.15, 0.2) is 23.7 Å². The fourth-order valence-electron chi connectivity index (χ4n) is 2.59. The lowest BCUT2D eigenvalue weighted by molar-refractivity contribution is -0.136. The third kappa shape index (κ3) is 5.43. The molecule has 0 aromatic heterocycles. The highest BCUT2D eigenvalue weighted by molar-refractivity contribution is 8.13. The van der Waals surface area contributed by atoms with Crippen molar-refractivity contribution in [3.63, 3.8) is 0 Å². The molecule has 0 aliphatic carbocycles. The van der Waals surface area contributed by atoms with Crippen molar-refractivity contribution in [2.45, 2.75) is 52.2 Å². The predicted molar refractivity (Wildman–Crippen MR) is 105 cm³/mol. The summed E-state index contributed by atoms with van der Waals surface area (Å²) in [7, 11) is -0.676. The van der Waals surface area contributed by atoms with Gasteiger partial charge in [0.05, 0.1) is 17.6 Å². The van der Waals surface area contributed by atoms with E-state index >= 15 is 0 Å². The molecule has 1 aromatic rings. The molecule has 1 fully saturated rings. The van der Waals surface area contributed by atoms with E-state index in [2.05, 4.69) is 0 Å². The van der Waals surface area contributed by atoms with Crippen molar-refractivity contribution < 1.29 is 28.4 Å². The number of carboxylic acids is 1. The summed E-state index contributed by atoms with van der Waals surface area (Å²) in [5.74, 6) is -1.22. The van der Waals surface area contributed by atoms with Crippen LogP contribution in [0, 0.1) is 5.82 Å². The topological polar surface area (TPSA) is 72.8 Å². The van der Waals surface area contributed by atoms with E-state index < -0.39 is 30.1 Å². The Morgan fingerprint density at radius 2 is 1.81 bits per heavy atom. The highest BCUT2D eigenvalue weighted by atomic mass is 32.2. The Kier molecular flexibility index (Phi) is 6.55. The highest BCUT2D eigenvalue weighted by Gasteiger charge is 2.52. The van der Waals surface area contributed by atoms with E-state index in [9.17, 15) is 14.0 Å². The number of hydrogen-bond acceptors (Lipinski definition) is 5. The number of hydrogen-bond donors (Lipinski definition) is 1. The van der Waals surface area contributed by atoms with Crippen molar-refractivity contribution >= 4 is 36.0 Å². The Morgan fingerprint density at radius 3 is 2.33 bits per heavy atom. The molecule has 0 atom stereocenters. The average Bonchev–Trinajstić information content (AvgIpc) is 2.72. The van der Waals surface area contributed by atoms with Gasteiger partial charge in [0.2, 0.25) is 0 Å². The molecule has 1 aromatic carbocycles. The monoisotopic (exact) mass is 394 g/mol. The van der Waals surface area contributed by atoms with Crippen molar-refractivity contribution in [3.05, 3.63) is 40.6 Å². The smallest absolute Gasteiger partial charge is 0.481 e. The van der Waals surface area contributed by atoms with Crippen molar-refractivity contribution in [1.29, 1.82) is 0 Å². The van der Waals surface area contributed by atoms with Gasteiger partial charge in [-0.15, -0.1) is 0 Å². The molecule has 0 radical (unpaired) electrons. The van der Waals surface area contributed by atoms with E-state index in [4.69, 9.17) is 14.4 Å². The maximum absolute atomic E-state index is 13.6. The summed E-state index contributed by atoms with van der Waals surface area (Å²) in [5.41, 5.74) is 0.499. The van der Waals surface area contributed by atoms with Crippen molar-refractivity contribution in [2.24, 2.45) is 0 Å². The van der Waals surface area contributed by atoms with Crippen LogP contribution in [-0.4, -0.2) is 40.3 Å². The maximum atomic E-state index is 13.6. The lowest BCUT2D eigenvalue weighted by Crippen LogP contribution is -2.41. The molecule has 0 bridgehead atoms. The van der Waals surface area contributed by atoms with Crippen LogP contribution in [0.2, 0.25) is 0 Å². The number of aliphatic carboxylic acids is 1. The second kappa shape index (κ2) is 8.16. The number of rotatable bonds is 6. The molecule has 1 saturated heterocycles. The summed E-state index contributed by atoms with van der Waals surface area (Å²) in [5, 5.41) is 9.05. The summed E-state index contributed by atoms with van der Waals surface area (Å²) < 4.78 is 25.7. The number of carbonyl (C=O) groups excluding carboxylic acids is 1. The summed E-state index contributed by atoms with van der Waals surface area (Å²) in [6.07, 6.45) is 1.43. The van der Waals surface area contributed by atoms with E-state index in [1.807, 2.05) is 27.7 Å². The SMILES string of the molecule is CC(=O)SCC(=Cc1ccc(F)cc1CC(=O)O)B1OC(C)(C)C(C)(C)O1. The lowest BCUT2D eigenvalue weighted by atomic mass is 9.78. The third-order valence-corrected chi connectivity index (χ3v) is 5.67. The van der Waals surface area contributed by atoms with E-state index in [1.165, 1.54) is 25.1 Å². The standard InChI is InChI=1S/C19H24BFO5S/c1-12(22)27-11-15(20-25-18(2,3)19(4,5)26-20)8-13-6-7-16(21)9-14(13)10-17(23)24/h6-9H,10-11H2,1-5H3,(H,23,24). The fraction of sp³-hybridized carbons (Fsp3) is 0.474. The molecule has 5 nitrogen and oxygen atoms in total. The van der Waals surface area contributed by atoms with Crippen molar-refractivity contribution in [3.8, 4) is 0 Å². The predicted octanol–water partition coefficient (Wildman–Crippen LogP) is 3.75. The van der Waals surface area contributed by atoms with Crippen molar-refractivity contribution in [2.75, 3.05) is 5.75 Å². The Labute approximate surface area is 163 Å². The van der Waals surface area contributed by atoms with E-state index in [1.54, 1.807) is 6.08 Å². The largest absolute Gasteiger partial charge is 0.491 e. The van der Waals surface area contributed by atoms with Gasteiger partial charge >= 0.3 is 13.1 Å². The number of halogens is 1. The number of thioether (sulfide) groups is 1. The third-order valence-electron chi connectivity index (χ3n) is 4.79. The molecule has 0 spiro atoms. The first-order valence-electron chi connectivity index (χ1n) is 8.61. The summed E-state index contributed by atoms with van der Waals surface area (Å²) in [4.78, 5) is 22.6. The minimum atomic E-state index is -1.05. The van der Waals surface area contributed by atoms with Crippen LogP contribution in [0.25, 0.3) is 6.08 Å². The van der Waals surface area contributed by atoms with Crippen LogP contribution in [-0.2, 0) is 25.3 Å². The van der Waals surface area contributed by atoms with Gasteiger partial charge in [0.25, 0.3) is 0 Å². The fourth-order valence-corrected chi connectivity index (χ4v) is 3.18.